The average molecular weight is 410 g/mol. The number of aromatic nitrogens is 6. The maximum absolute atomic E-state index is 12.9. The second-order valence-electron chi connectivity index (χ2n) is 7.77. The van der Waals surface area contributed by atoms with Crippen LogP contribution in [0, 0.1) is 0 Å². The highest BCUT2D eigenvalue weighted by molar-refractivity contribution is 7.98. The van der Waals surface area contributed by atoms with Crippen LogP contribution in [0.2, 0.25) is 0 Å². The number of nitrogens with one attached hydrogen (secondary N) is 2. The Hall–Kier alpha value is -2.94. The summed E-state index contributed by atoms with van der Waals surface area (Å²) in [4.78, 5) is 29.0. The van der Waals surface area contributed by atoms with E-state index < -0.39 is 0 Å². The minimum atomic E-state index is -0.314. The molecule has 3 heterocycles. The summed E-state index contributed by atoms with van der Waals surface area (Å²) in [7, 11) is 0. The van der Waals surface area contributed by atoms with Gasteiger partial charge in [0.1, 0.15) is 5.52 Å². The van der Waals surface area contributed by atoms with Gasteiger partial charge < -0.3 is 10.3 Å². The number of thioether (sulfide) groups is 1. The highest BCUT2D eigenvalue weighted by Crippen LogP contribution is 2.31. The lowest BCUT2D eigenvalue weighted by Crippen LogP contribution is -2.28. The number of imidazole rings is 1. The molecule has 0 spiro atoms. The number of benzene rings is 1. The second-order valence-corrected chi connectivity index (χ2v) is 8.54. The lowest BCUT2D eigenvalue weighted by atomic mass is 10.1. The first-order chi connectivity index (χ1) is 13.9. The molecule has 9 heteroatoms. The first-order valence-corrected chi connectivity index (χ1v) is 10.6. The zero-order chi connectivity index (χ0) is 20.6. The molecule has 2 N–H and O–H groups in total. The fourth-order valence-electron chi connectivity index (χ4n) is 3.24. The molecule has 8 nitrogen and oxygen atoms in total. The van der Waals surface area contributed by atoms with Gasteiger partial charge in [0.25, 0.3) is 5.91 Å². The first kappa shape index (κ1) is 19.4. The molecule has 0 saturated heterocycles. The number of aromatic amines is 1. The lowest BCUT2D eigenvalue weighted by molar-refractivity contribution is 0.0949. The number of nitrogens with zero attached hydrogens (tertiary/aromatic N) is 5. The van der Waals surface area contributed by atoms with E-state index in [9.17, 15) is 4.79 Å². The summed E-state index contributed by atoms with van der Waals surface area (Å²) in [6, 6.07) is 3.87. The molecule has 0 aliphatic heterocycles. The molecule has 0 aliphatic rings. The predicted octanol–water partition coefficient (Wildman–Crippen LogP) is 3.15. The summed E-state index contributed by atoms with van der Waals surface area (Å²) in [6.07, 6.45) is 7.83. The first-order valence-electron chi connectivity index (χ1n) is 9.37. The molecular formula is C20H23N7OS. The Morgan fingerprint density at radius 2 is 2.10 bits per heavy atom. The van der Waals surface area contributed by atoms with E-state index in [1.54, 1.807) is 12.5 Å². The van der Waals surface area contributed by atoms with Gasteiger partial charge in [-0.3, -0.25) is 9.48 Å². The topological polar surface area (TPSA) is 101 Å². The summed E-state index contributed by atoms with van der Waals surface area (Å²) < 4.78 is 1.89. The van der Waals surface area contributed by atoms with Gasteiger partial charge in [-0.2, -0.15) is 5.10 Å². The third-order valence-corrected chi connectivity index (χ3v) is 5.20. The van der Waals surface area contributed by atoms with Crippen LogP contribution in [0.5, 0.6) is 0 Å². The molecule has 1 amide bonds. The molecule has 0 aliphatic carbocycles. The Bertz CT molecular complexity index is 1180. The Morgan fingerprint density at radius 3 is 2.79 bits per heavy atom. The van der Waals surface area contributed by atoms with Crippen LogP contribution in [0.3, 0.4) is 0 Å². The van der Waals surface area contributed by atoms with Gasteiger partial charge in [-0.1, -0.05) is 17.8 Å². The predicted molar refractivity (Wildman–Crippen MR) is 114 cm³/mol. The number of carbonyl (C=O) groups is 1. The summed E-state index contributed by atoms with van der Waals surface area (Å²) in [6.45, 7) is 6.69. The van der Waals surface area contributed by atoms with Gasteiger partial charge >= 0.3 is 0 Å². The zero-order valence-electron chi connectivity index (χ0n) is 16.9. The van der Waals surface area contributed by atoms with Gasteiger partial charge in [0.05, 0.1) is 17.4 Å². The molecule has 0 bridgehead atoms. The van der Waals surface area contributed by atoms with Crippen molar-refractivity contribution in [3.63, 3.8) is 0 Å². The SMILES string of the molecule is CSc1ncc2ccc3c(C(=O)NCCc4cnc[nH]4)nn(C(C)(C)C)c3c2n1. The molecule has 150 valence electrons. The van der Waals surface area contributed by atoms with Gasteiger partial charge in [-0.15, -0.1) is 0 Å². The average Bonchev–Trinajstić information content (AvgIpc) is 3.34. The van der Waals surface area contributed by atoms with Crippen LogP contribution in [0.4, 0.5) is 0 Å². The molecule has 4 rings (SSSR count). The molecule has 4 aromatic rings. The molecule has 0 unspecified atom stereocenters. The normalized spacial score (nSPS) is 12.0. The van der Waals surface area contributed by atoms with E-state index >= 15 is 0 Å². The van der Waals surface area contributed by atoms with Crippen molar-refractivity contribution >= 4 is 39.5 Å². The van der Waals surface area contributed by atoms with E-state index in [4.69, 9.17) is 10.1 Å². The number of carbonyl (C=O) groups excluding carboxylic acids is 1. The second kappa shape index (κ2) is 7.47. The van der Waals surface area contributed by atoms with Crippen molar-refractivity contribution in [2.24, 2.45) is 0 Å². The standard InChI is InChI=1S/C20H23N7OS/c1-20(2,3)27-17-14(6-5-12-9-23-19(29-4)25-15(12)17)16(26-27)18(28)22-8-7-13-10-21-11-24-13/h5-6,9-11H,7-8H2,1-4H3,(H,21,24)(H,22,28). The van der Waals surface area contributed by atoms with Crippen molar-refractivity contribution in [3.8, 4) is 0 Å². The van der Waals surface area contributed by atoms with Gasteiger partial charge in [-0.25, -0.2) is 15.0 Å². The van der Waals surface area contributed by atoms with Crippen molar-refractivity contribution in [2.75, 3.05) is 12.8 Å². The molecule has 0 atom stereocenters. The highest BCUT2D eigenvalue weighted by atomic mass is 32.2. The highest BCUT2D eigenvalue weighted by Gasteiger charge is 2.25. The number of hydrogen-bond acceptors (Lipinski definition) is 6. The quantitative estimate of drug-likeness (QED) is 0.388. The van der Waals surface area contributed by atoms with Crippen LogP contribution in [0.1, 0.15) is 37.0 Å². The van der Waals surface area contributed by atoms with E-state index in [2.05, 4.69) is 41.0 Å². The summed E-state index contributed by atoms with van der Waals surface area (Å²) in [5, 5.41) is 10.1. The van der Waals surface area contributed by atoms with Crippen molar-refractivity contribution in [1.29, 1.82) is 0 Å². The molecule has 0 fully saturated rings. The molecule has 0 saturated carbocycles. The van der Waals surface area contributed by atoms with Gasteiger partial charge in [-0.05, 0) is 33.1 Å². The van der Waals surface area contributed by atoms with E-state index in [0.29, 0.717) is 23.8 Å². The minimum Gasteiger partial charge on any atom is -0.350 e. The van der Waals surface area contributed by atoms with Gasteiger partial charge in [0.2, 0.25) is 0 Å². The Kier molecular flexibility index (Phi) is 4.99. The molecule has 3 aromatic heterocycles. The van der Waals surface area contributed by atoms with Crippen LogP contribution in [0.25, 0.3) is 21.8 Å². The van der Waals surface area contributed by atoms with Crippen LogP contribution < -0.4 is 5.32 Å². The van der Waals surface area contributed by atoms with Crippen LogP contribution in [-0.4, -0.2) is 48.4 Å². The van der Waals surface area contributed by atoms with Crippen molar-refractivity contribution in [3.05, 3.63) is 42.2 Å². The number of amides is 1. The molecular weight excluding hydrogens is 386 g/mol. The minimum absolute atomic E-state index is 0.198. The van der Waals surface area contributed by atoms with Crippen LogP contribution in [-0.2, 0) is 12.0 Å². The van der Waals surface area contributed by atoms with Crippen LogP contribution in [0.15, 0.2) is 36.0 Å². The van der Waals surface area contributed by atoms with Crippen molar-refractivity contribution < 1.29 is 4.79 Å². The molecule has 1 aromatic carbocycles. The smallest absolute Gasteiger partial charge is 0.272 e. The van der Waals surface area contributed by atoms with E-state index in [-0.39, 0.29) is 11.4 Å². The number of fused-ring (bicyclic) bond motifs is 3. The Morgan fingerprint density at radius 1 is 1.28 bits per heavy atom. The Labute approximate surface area is 172 Å². The van der Waals surface area contributed by atoms with E-state index in [1.165, 1.54) is 11.8 Å². The number of rotatable bonds is 5. The lowest BCUT2D eigenvalue weighted by Gasteiger charge is -2.21. The molecule has 29 heavy (non-hydrogen) atoms. The third kappa shape index (κ3) is 3.69. The largest absolute Gasteiger partial charge is 0.350 e. The number of H-pyrrole nitrogens is 1. The monoisotopic (exact) mass is 409 g/mol. The summed E-state index contributed by atoms with van der Waals surface area (Å²) >= 11 is 1.49. The maximum Gasteiger partial charge on any atom is 0.272 e. The fraction of sp³-hybridized carbons (Fsp3) is 0.350. The maximum atomic E-state index is 12.9. The zero-order valence-corrected chi connectivity index (χ0v) is 17.7. The fourth-order valence-corrected chi connectivity index (χ4v) is 3.58. The van der Waals surface area contributed by atoms with Crippen LogP contribution >= 0.6 is 11.8 Å². The van der Waals surface area contributed by atoms with Gasteiger partial charge in [0, 0.05) is 41.8 Å². The van der Waals surface area contributed by atoms with E-state index in [1.807, 2.05) is 29.3 Å². The van der Waals surface area contributed by atoms with Crippen molar-refractivity contribution in [1.82, 2.24) is 35.0 Å². The van der Waals surface area contributed by atoms with E-state index in [0.717, 1.165) is 27.5 Å². The van der Waals surface area contributed by atoms with Gasteiger partial charge in [0.15, 0.2) is 10.9 Å². The third-order valence-electron chi connectivity index (χ3n) is 4.64. The summed E-state index contributed by atoms with van der Waals surface area (Å²) in [5.41, 5.74) is 2.73. The van der Waals surface area contributed by atoms with Crippen molar-refractivity contribution in [2.45, 2.75) is 37.9 Å². The Balaban J connectivity index is 1.78. The summed E-state index contributed by atoms with van der Waals surface area (Å²) in [5.74, 6) is -0.198. The number of hydrogen-bond donors (Lipinski definition) is 2. The molecule has 0 radical (unpaired) electrons.